The fourth-order valence-corrected chi connectivity index (χ4v) is 4.44. The molecule has 0 spiro atoms. The zero-order valence-electron chi connectivity index (χ0n) is 20.3. The molecule has 0 aliphatic rings. The SMILES string of the molecule is CCOC(=O)CC(=O)CSc1cccc(NC(=O)/C(=C\c2ccc(Cl)cc2Cl)NC(=O)c2ccccc2)c1. The Morgan fingerprint density at radius 3 is 2.42 bits per heavy atom. The van der Waals surface area contributed by atoms with Gasteiger partial charge < -0.3 is 15.4 Å². The summed E-state index contributed by atoms with van der Waals surface area (Å²) >= 11 is 13.5. The van der Waals surface area contributed by atoms with Crippen LogP contribution >= 0.6 is 35.0 Å². The van der Waals surface area contributed by atoms with E-state index < -0.39 is 17.8 Å². The molecular weight excluding hydrogens is 547 g/mol. The van der Waals surface area contributed by atoms with Gasteiger partial charge in [0.05, 0.1) is 12.4 Å². The fourth-order valence-electron chi connectivity index (χ4n) is 3.17. The van der Waals surface area contributed by atoms with Crippen molar-refractivity contribution in [3.63, 3.8) is 0 Å². The van der Waals surface area contributed by atoms with Crippen LogP contribution in [0.4, 0.5) is 5.69 Å². The Bertz CT molecular complexity index is 1360. The summed E-state index contributed by atoms with van der Waals surface area (Å²) in [7, 11) is 0. The molecule has 0 aliphatic heterocycles. The number of benzene rings is 3. The van der Waals surface area contributed by atoms with Crippen LogP contribution in [0.15, 0.2) is 83.4 Å². The maximum Gasteiger partial charge on any atom is 0.313 e. The summed E-state index contributed by atoms with van der Waals surface area (Å²) in [5, 5.41) is 6.16. The smallest absolute Gasteiger partial charge is 0.313 e. The van der Waals surface area contributed by atoms with Gasteiger partial charge in [-0.25, -0.2) is 0 Å². The number of anilines is 1. The van der Waals surface area contributed by atoms with E-state index in [1.54, 1.807) is 73.7 Å². The molecule has 0 aliphatic carbocycles. The van der Waals surface area contributed by atoms with E-state index in [0.717, 1.165) is 0 Å². The molecule has 0 aromatic heterocycles. The van der Waals surface area contributed by atoms with E-state index in [1.807, 2.05) is 0 Å². The molecule has 0 bridgehead atoms. The first-order chi connectivity index (χ1) is 18.2. The summed E-state index contributed by atoms with van der Waals surface area (Å²) < 4.78 is 4.79. The molecule has 0 radical (unpaired) electrons. The van der Waals surface area contributed by atoms with Crippen molar-refractivity contribution in [2.75, 3.05) is 17.7 Å². The number of hydrogen-bond donors (Lipinski definition) is 2. The van der Waals surface area contributed by atoms with Gasteiger partial charge in [-0.2, -0.15) is 0 Å². The molecular formula is C28H24Cl2N2O5S. The van der Waals surface area contributed by atoms with Crippen LogP contribution in [0.25, 0.3) is 6.08 Å². The number of ether oxygens (including phenoxy) is 1. The summed E-state index contributed by atoms with van der Waals surface area (Å²) in [5.74, 6) is -1.81. The van der Waals surface area contributed by atoms with Crippen LogP contribution in [0.1, 0.15) is 29.3 Å². The molecule has 196 valence electrons. The number of carbonyl (C=O) groups excluding carboxylic acids is 4. The summed E-state index contributed by atoms with van der Waals surface area (Å²) in [6, 6.07) is 20.1. The van der Waals surface area contributed by atoms with Gasteiger partial charge in [-0.15, -0.1) is 11.8 Å². The van der Waals surface area contributed by atoms with Crippen LogP contribution in [0, 0.1) is 0 Å². The van der Waals surface area contributed by atoms with E-state index in [0.29, 0.717) is 31.8 Å². The molecule has 0 saturated carbocycles. The van der Waals surface area contributed by atoms with Crippen LogP contribution in [-0.4, -0.2) is 35.9 Å². The number of hydrogen-bond acceptors (Lipinski definition) is 6. The van der Waals surface area contributed by atoms with Crippen LogP contribution < -0.4 is 10.6 Å². The normalized spacial score (nSPS) is 11.0. The Morgan fingerprint density at radius 2 is 1.71 bits per heavy atom. The van der Waals surface area contributed by atoms with Crippen molar-refractivity contribution in [3.8, 4) is 0 Å². The summed E-state index contributed by atoms with van der Waals surface area (Å²) in [5.41, 5.74) is 1.27. The van der Waals surface area contributed by atoms with Gasteiger partial charge in [0.2, 0.25) is 0 Å². The Labute approximate surface area is 234 Å². The van der Waals surface area contributed by atoms with E-state index in [2.05, 4.69) is 10.6 Å². The maximum absolute atomic E-state index is 13.2. The van der Waals surface area contributed by atoms with Gasteiger partial charge in [0, 0.05) is 26.2 Å². The lowest BCUT2D eigenvalue weighted by Crippen LogP contribution is -2.30. The highest BCUT2D eigenvalue weighted by molar-refractivity contribution is 8.00. The number of esters is 1. The number of halogens is 2. The van der Waals surface area contributed by atoms with Gasteiger partial charge in [-0.05, 0) is 61.0 Å². The summed E-state index contributed by atoms with van der Waals surface area (Å²) in [4.78, 5) is 50.3. The van der Waals surface area contributed by atoms with Crippen LogP contribution in [0.2, 0.25) is 10.0 Å². The van der Waals surface area contributed by atoms with E-state index in [1.165, 1.54) is 23.9 Å². The van der Waals surface area contributed by atoms with Crippen molar-refractivity contribution in [1.29, 1.82) is 0 Å². The van der Waals surface area contributed by atoms with Crippen molar-refractivity contribution in [2.24, 2.45) is 0 Å². The van der Waals surface area contributed by atoms with Crippen LogP contribution in [-0.2, 0) is 19.1 Å². The Morgan fingerprint density at radius 1 is 0.947 bits per heavy atom. The highest BCUT2D eigenvalue weighted by atomic mass is 35.5. The van der Waals surface area contributed by atoms with Gasteiger partial charge in [0.25, 0.3) is 11.8 Å². The largest absolute Gasteiger partial charge is 0.466 e. The minimum atomic E-state index is -0.583. The average molecular weight is 571 g/mol. The van der Waals surface area contributed by atoms with Gasteiger partial charge in [0.15, 0.2) is 5.78 Å². The lowest BCUT2D eigenvalue weighted by atomic mass is 10.1. The van der Waals surface area contributed by atoms with Gasteiger partial charge in [-0.3, -0.25) is 19.2 Å². The molecule has 3 aromatic rings. The van der Waals surface area contributed by atoms with Crippen LogP contribution in [0.3, 0.4) is 0 Å². The molecule has 0 unspecified atom stereocenters. The lowest BCUT2D eigenvalue weighted by Gasteiger charge is -2.12. The second kappa shape index (κ2) is 14.4. The zero-order valence-corrected chi connectivity index (χ0v) is 22.7. The third-order valence-electron chi connectivity index (χ3n) is 4.93. The molecule has 3 rings (SSSR count). The molecule has 0 saturated heterocycles. The first-order valence-electron chi connectivity index (χ1n) is 11.5. The Kier molecular flexibility index (Phi) is 11.0. The highest BCUT2D eigenvalue weighted by Gasteiger charge is 2.16. The second-order valence-electron chi connectivity index (χ2n) is 7.84. The predicted molar refractivity (Wildman–Crippen MR) is 150 cm³/mol. The average Bonchev–Trinajstić information content (AvgIpc) is 2.89. The number of carbonyl (C=O) groups is 4. The number of rotatable bonds is 11. The molecule has 2 amide bonds. The zero-order chi connectivity index (χ0) is 27.5. The summed E-state index contributed by atoms with van der Waals surface area (Å²) in [6.45, 7) is 1.89. The number of Topliss-reactive ketones (excluding diaryl/α,β-unsaturated/α-hetero) is 1. The summed E-state index contributed by atoms with van der Waals surface area (Å²) in [6.07, 6.45) is 1.17. The molecule has 7 nitrogen and oxygen atoms in total. The van der Waals surface area contributed by atoms with E-state index in [9.17, 15) is 19.2 Å². The highest BCUT2D eigenvalue weighted by Crippen LogP contribution is 2.25. The van der Waals surface area contributed by atoms with Gasteiger partial charge >= 0.3 is 5.97 Å². The van der Waals surface area contributed by atoms with Crippen molar-refractivity contribution in [3.05, 3.63) is 99.7 Å². The molecule has 0 fully saturated rings. The maximum atomic E-state index is 13.2. The Hall–Kier alpha value is -3.59. The first kappa shape index (κ1) is 29.0. The monoisotopic (exact) mass is 570 g/mol. The van der Waals surface area contributed by atoms with E-state index in [-0.39, 0.29) is 30.3 Å². The van der Waals surface area contributed by atoms with Crippen molar-refractivity contribution in [2.45, 2.75) is 18.2 Å². The van der Waals surface area contributed by atoms with Crippen molar-refractivity contribution < 1.29 is 23.9 Å². The van der Waals surface area contributed by atoms with Crippen LogP contribution in [0.5, 0.6) is 0 Å². The molecule has 38 heavy (non-hydrogen) atoms. The predicted octanol–water partition coefficient (Wildman–Crippen LogP) is 6.02. The molecule has 0 atom stereocenters. The lowest BCUT2D eigenvalue weighted by molar-refractivity contribution is -0.145. The Balaban J connectivity index is 1.76. The van der Waals surface area contributed by atoms with Gasteiger partial charge in [0.1, 0.15) is 12.1 Å². The topological polar surface area (TPSA) is 102 Å². The van der Waals surface area contributed by atoms with E-state index >= 15 is 0 Å². The third kappa shape index (κ3) is 9.06. The third-order valence-corrected chi connectivity index (χ3v) is 6.55. The molecule has 3 aromatic carbocycles. The minimum Gasteiger partial charge on any atom is -0.466 e. The standard InChI is InChI=1S/C28H24Cl2N2O5S/c1-2-37-26(34)16-22(33)17-38-23-10-6-9-21(15-23)31-28(36)25(13-19-11-12-20(29)14-24(19)30)32-27(35)18-7-4-3-5-8-18/h3-15H,2,16-17H2,1H3,(H,31,36)(H,32,35)/b25-13+. The second-order valence-corrected chi connectivity index (χ2v) is 9.73. The fraction of sp³-hybridized carbons (Fsp3) is 0.143. The van der Waals surface area contributed by atoms with Crippen molar-refractivity contribution >= 4 is 70.3 Å². The minimum absolute atomic E-state index is 0.0363. The molecule has 0 heterocycles. The van der Waals surface area contributed by atoms with Gasteiger partial charge in [-0.1, -0.05) is 53.5 Å². The number of amides is 2. The number of nitrogens with one attached hydrogen (secondary N) is 2. The van der Waals surface area contributed by atoms with Crippen molar-refractivity contribution in [1.82, 2.24) is 5.32 Å². The number of thioether (sulfide) groups is 1. The molecule has 10 heteroatoms. The number of ketones is 1. The first-order valence-corrected chi connectivity index (χ1v) is 13.2. The molecule has 2 N–H and O–H groups in total. The van der Waals surface area contributed by atoms with E-state index in [4.69, 9.17) is 27.9 Å². The quantitative estimate of drug-likeness (QED) is 0.126.